The number of ether oxygens (including phenoxy) is 1. The molecule has 0 saturated carbocycles. The highest BCUT2D eigenvalue weighted by atomic mass is 35.5. The lowest BCUT2D eigenvalue weighted by atomic mass is 9.99. The van der Waals surface area contributed by atoms with E-state index < -0.39 is 16.0 Å². The highest BCUT2D eigenvalue weighted by molar-refractivity contribution is 7.89. The minimum atomic E-state index is -3.79. The van der Waals surface area contributed by atoms with E-state index in [1.54, 1.807) is 31.2 Å². The van der Waals surface area contributed by atoms with Gasteiger partial charge in [-0.1, -0.05) is 35.9 Å². The molecule has 8 heteroatoms. The van der Waals surface area contributed by atoms with Crippen molar-refractivity contribution in [3.05, 3.63) is 64.0 Å². The molecule has 28 heavy (non-hydrogen) atoms. The highest BCUT2D eigenvalue weighted by Crippen LogP contribution is 2.42. The molecule has 0 saturated heterocycles. The molecule has 146 valence electrons. The number of sulfonamides is 1. The Morgan fingerprint density at radius 1 is 1.07 bits per heavy atom. The summed E-state index contributed by atoms with van der Waals surface area (Å²) >= 11 is 7.32. The van der Waals surface area contributed by atoms with Gasteiger partial charge in [0.25, 0.3) is 0 Å². The van der Waals surface area contributed by atoms with Crippen molar-refractivity contribution < 1.29 is 17.9 Å². The summed E-state index contributed by atoms with van der Waals surface area (Å²) in [6.45, 7) is 3.93. The Hall–Kier alpha value is -2.19. The van der Waals surface area contributed by atoms with E-state index in [4.69, 9.17) is 21.5 Å². The maximum atomic E-state index is 12.6. The zero-order chi connectivity index (χ0) is 20.5. The fraction of sp³-hybridized carbons (Fsp3) is 0.150. The Balaban J connectivity index is 2.18. The lowest BCUT2D eigenvalue weighted by Gasteiger charge is -2.07. The zero-order valence-corrected chi connectivity index (χ0v) is 17.6. The zero-order valence-electron chi connectivity index (χ0n) is 15.2. The van der Waals surface area contributed by atoms with E-state index in [9.17, 15) is 13.2 Å². The second-order valence-electron chi connectivity index (χ2n) is 6.06. The van der Waals surface area contributed by atoms with Gasteiger partial charge in [0, 0.05) is 15.5 Å². The van der Waals surface area contributed by atoms with Crippen LogP contribution in [0.5, 0.6) is 0 Å². The Morgan fingerprint density at radius 2 is 1.64 bits per heavy atom. The molecule has 0 fully saturated rings. The Labute approximate surface area is 172 Å². The fourth-order valence-electron chi connectivity index (χ4n) is 2.89. The molecule has 0 amide bonds. The summed E-state index contributed by atoms with van der Waals surface area (Å²) < 4.78 is 28.3. The topological polar surface area (TPSA) is 86.5 Å². The van der Waals surface area contributed by atoms with Crippen molar-refractivity contribution in [1.29, 1.82) is 0 Å². The first-order chi connectivity index (χ1) is 13.2. The summed E-state index contributed by atoms with van der Waals surface area (Å²) in [6.07, 6.45) is 0. The molecule has 0 aliphatic heterocycles. The molecule has 0 atom stereocenters. The second-order valence-corrected chi connectivity index (χ2v) is 9.08. The van der Waals surface area contributed by atoms with Crippen molar-refractivity contribution in [2.24, 2.45) is 5.14 Å². The van der Waals surface area contributed by atoms with Gasteiger partial charge in [0.1, 0.15) is 4.88 Å². The van der Waals surface area contributed by atoms with E-state index >= 15 is 0 Å². The predicted molar refractivity (Wildman–Crippen MR) is 112 cm³/mol. The van der Waals surface area contributed by atoms with E-state index in [0.717, 1.165) is 21.6 Å². The number of esters is 1. The van der Waals surface area contributed by atoms with Crippen LogP contribution in [0.1, 0.15) is 22.2 Å². The standard InChI is InChI=1S/C20H18ClNO4S2/c1-3-26-20(23)19-17(13-6-10-16(11-7-13)28(22,24)25)12(2)18(27-19)14-4-8-15(21)9-5-14/h4-11H,3H2,1-2H3,(H2,22,24,25). The third kappa shape index (κ3) is 4.12. The SMILES string of the molecule is CCOC(=O)c1sc(-c2ccc(Cl)cc2)c(C)c1-c1ccc(S(N)(=O)=O)cc1. The number of hydrogen-bond acceptors (Lipinski definition) is 5. The Bertz CT molecular complexity index is 1120. The van der Waals surface area contributed by atoms with Crippen molar-refractivity contribution in [2.45, 2.75) is 18.7 Å². The largest absolute Gasteiger partial charge is 0.462 e. The van der Waals surface area contributed by atoms with Crippen LogP contribution < -0.4 is 5.14 Å². The number of carbonyl (C=O) groups is 1. The van der Waals surface area contributed by atoms with E-state index in [1.165, 1.54) is 23.5 Å². The van der Waals surface area contributed by atoms with Crippen molar-refractivity contribution in [1.82, 2.24) is 0 Å². The fourth-order valence-corrected chi connectivity index (χ4v) is 4.76. The molecule has 0 unspecified atom stereocenters. The maximum absolute atomic E-state index is 12.6. The normalized spacial score (nSPS) is 11.4. The molecule has 0 aliphatic rings. The van der Waals surface area contributed by atoms with E-state index in [2.05, 4.69) is 0 Å². The van der Waals surface area contributed by atoms with Crippen LogP contribution in [0.15, 0.2) is 53.4 Å². The smallest absolute Gasteiger partial charge is 0.348 e. The van der Waals surface area contributed by atoms with Gasteiger partial charge in [0.2, 0.25) is 10.0 Å². The Kier molecular flexibility index (Phi) is 5.90. The average molecular weight is 436 g/mol. The maximum Gasteiger partial charge on any atom is 0.348 e. The number of halogens is 1. The van der Waals surface area contributed by atoms with Gasteiger partial charge in [0.15, 0.2) is 0 Å². The third-order valence-corrected chi connectivity index (χ3v) is 6.69. The minimum absolute atomic E-state index is 0.0137. The van der Waals surface area contributed by atoms with Crippen molar-refractivity contribution >= 4 is 38.9 Å². The lowest BCUT2D eigenvalue weighted by Crippen LogP contribution is -2.11. The summed E-state index contributed by atoms with van der Waals surface area (Å²) in [5, 5.41) is 5.80. The first-order valence-electron chi connectivity index (χ1n) is 8.42. The predicted octanol–water partition coefficient (Wildman–Crippen LogP) is 4.87. The van der Waals surface area contributed by atoms with Crippen molar-refractivity contribution in [3.63, 3.8) is 0 Å². The number of nitrogens with two attached hydrogens (primary N) is 1. The molecule has 0 radical (unpaired) electrons. The van der Waals surface area contributed by atoms with E-state index in [0.29, 0.717) is 15.5 Å². The van der Waals surface area contributed by atoms with Crippen LogP contribution in [0.3, 0.4) is 0 Å². The molecule has 1 aromatic heterocycles. The number of rotatable bonds is 5. The summed E-state index contributed by atoms with van der Waals surface area (Å²) in [5.41, 5.74) is 3.27. The van der Waals surface area contributed by atoms with Gasteiger partial charge >= 0.3 is 5.97 Å². The minimum Gasteiger partial charge on any atom is -0.462 e. The molecular formula is C20H18ClNO4S2. The molecule has 3 rings (SSSR count). The molecule has 2 aromatic carbocycles. The molecule has 0 bridgehead atoms. The van der Waals surface area contributed by atoms with Crippen LogP contribution in [-0.2, 0) is 14.8 Å². The first kappa shape index (κ1) is 20.5. The van der Waals surface area contributed by atoms with Gasteiger partial charge in [-0.25, -0.2) is 18.4 Å². The van der Waals surface area contributed by atoms with Gasteiger partial charge in [-0.3, -0.25) is 0 Å². The third-order valence-electron chi connectivity index (χ3n) is 4.19. The number of hydrogen-bond donors (Lipinski definition) is 1. The summed E-state index contributed by atoms with van der Waals surface area (Å²) in [4.78, 5) is 14.0. The first-order valence-corrected chi connectivity index (χ1v) is 11.2. The lowest BCUT2D eigenvalue weighted by molar-refractivity contribution is 0.0533. The van der Waals surface area contributed by atoms with Crippen LogP contribution in [0.4, 0.5) is 0 Å². The number of primary sulfonamides is 1. The van der Waals surface area contributed by atoms with E-state index in [-0.39, 0.29) is 11.5 Å². The van der Waals surface area contributed by atoms with E-state index in [1.807, 2.05) is 19.1 Å². The molecular weight excluding hydrogens is 418 g/mol. The summed E-state index contributed by atoms with van der Waals surface area (Å²) in [5.74, 6) is -0.415. The molecule has 0 spiro atoms. The van der Waals surface area contributed by atoms with Gasteiger partial charge < -0.3 is 4.74 Å². The summed E-state index contributed by atoms with van der Waals surface area (Å²) in [7, 11) is -3.79. The van der Waals surface area contributed by atoms with Gasteiger partial charge in [-0.2, -0.15) is 0 Å². The van der Waals surface area contributed by atoms with Gasteiger partial charge in [0.05, 0.1) is 11.5 Å². The van der Waals surface area contributed by atoms with Crippen LogP contribution in [0.25, 0.3) is 21.6 Å². The number of carbonyl (C=O) groups excluding carboxylic acids is 1. The molecule has 1 heterocycles. The van der Waals surface area contributed by atoms with Gasteiger partial charge in [-0.15, -0.1) is 11.3 Å². The molecule has 3 aromatic rings. The second kappa shape index (κ2) is 8.05. The monoisotopic (exact) mass is 435 g/mol. The Morgan fingerprint density at radius 3 is 2.18 bits per heavy atom. The average Bonchev–Trinajstić information content (AvgIpc) is 2.99. The quantitative estimate of drug-likeness (QED) is 0.579. The van der Waals surface area contributed by atoms with Crippen LogP contribution >= 0.6 is 22.9 Å². The molecule has 2 N–H and O–H groups in total. The van der Waals surface area contributed by atoms with Gasteiger partial charge in [-0.05, 0) is 54.8 Å². The van der Waals surface area contributed by atoms with Crippen LogP contribution in [0.2, 0.25) is 5.02 Å². The molecule has 5 nitrogen and oxygen atoms in total. The summed E-state index contributed by atoms with van der Waals surface area (Å²) in [6, 6.07) is 13.5. The van der Waals surface area contributed by atoms with Crippen LogP contribution in [-0.4, -0.2) is 21.0 Å². The number of benzene rings is 2. The molecule has 0 aliphatic carbocycles. The van der Waals surface area contributed by atoms with Crippen molar-refractivity contribution in [3.8, 4) is 21.6 Å². The highest BCUT2D eigenvalue weighted by Gasteiger charge is 2.23. The van der Waals surface area contributed by atoms with Crippen LogP contribution in [0, 0.1) is 6.92 Å². The number of thiophene rings is 1. The van der Waals surface area contributed by atoms with Crippen molar-refractivity contribution in [2.75, 3.05) is 6.61 Å².